The fourth-order valence-electron chi connectivity index (χ4n) is 2.65. The Kier molecular flexibility index (Phi) is 10.1. The van der Waals surface area contributed by atoms with Crippen LogP contribution in [0.15, 0.2) is 23.3 Å². The number of primary amides is 1. The number of benzene rings is 1. The summed E-state index contributed by atoms with van der Waals surface area (Å²) in [5.41, 5.74) is 9.15. The van der Waals surface area contributed by atoms with Crippen molar-refractivity contribution < 1.29 is 14.3 Å². The number of nitrogens with zero attached hydrogens (tertiary/aromatic N) is 1. The van der Waals surface area contributed by atoms with Gasteiger partial charge in [-0.1, -0.05) is 45.4 Å². The van der Waals surface area contributed by atoms with Gasteiger partial charge in [-0.15, -0.1) is 0 Å². The average Bonchev–Trinajstić information content (AvgIpc) is 2.62. The molecule has 0 aliphatic carbocycles. The number of hydrogen-bond acceptors (Lipinski definition) is 4. The largest absolute Gasteiger partial charge is 0.493 e. The molecule has 0 aliphatic rings. The van der Waals surface area contributed by atoms with E-state index in [1.165, 1.54) is 32.1 Å². The Bertz CT molecular complexity index is 559. The van der Waals surface area contributed by atoms with E-state index in [0.29, 0.717) is 11.5 Å². The maximum Gasteiger partial charge on any atom is 0.332 e. The number of hydrogen-bond donors (Lipinski definition) is 2. The van der Waals surface area contributed by atoms with E-state index in [9.17, 15) is 4.79 Å². The molecule has 2 amide bonds. The molecule has 0 unspecified atom stereocenters. The van der Waals surface area contributed by atoms with Crippen LogP contribution in [0.25, 0.3) is 0 Å². The highest BCUT2D eigenvalue weighted by atomic mass is 16.5. The molecule has 3 N–H and O–H groups in total. The van der Waals surface area contributed by atoms with E-state index >= 15 is 0 Å². The van der Waals surface area contributed by atoms with Crippen LogP contribution in [-0.4, -0.2) is 26.0 Å². The number of carbonyl (C=O) groups excluding carboxylic acids is 1. The topological polar surface area (TPSA) is 85.9 Å². The third kappa shape index (κ3) is 7.92. The molecule has 0 radical (unpaired) electrons. The number of nitrogens with two attached hydrogens (primary N) is 1. The molecule has 0 heterocycles. The van der Waals surface area contributed by atoms with Crippen molar-refractivity contribution in [1.82, 2.24) is 5.43 Å². The summed E-state index contributed by atoms with van der Waals surface area (Å²) in [7, 11) is 3.19. The van der Waals surface area contributed by atoms with Crippen molar-refractivity contribution in [2.24, 2.45) is 10.8 Å². The number of unbranched alkanes of at least 4 members (excludes halogenated alkanes) is 6. The summed E-state index contributed by atoms with van der Waals surface area (Å²) < 4.78 is 10.6. The lowest BCUT2D eigenvalue weighted by Gasteiger charge is -2.11. The average molecular weight is 349 g/mol. The van der Waals surface area contributed by atoms with Gasteiger partial charge in [-0.2, -0.15) is 5.10 Å². The molecule has 0 spiro atoms. The first-order valence-electron chi connectivity index (χ1n) is 8.96. The van der Waals surface area contributed by atoms with Crippen LogP contribution in [0.3, 0.4) is 0 Å². The predicted octanol–water partition coefficient (Wildman–Crippen LogP) is 4.22. The number of carbonyl (C=O) groups is 1. The van der Waals surface area contributed by atoms with Crippen molar-refractivity contribution in [3.05, 3.63) is 23.8 Å². The lowest BCUT2D eigenvalue weighted by molar-refractivity contribution is 0.249. The monoisotopic (exact) mass is 349 g/mol. The van der Waals surface area contributed by atoms with Gasteiger partial charge >= 0.3 is 6.03 Å². The highest BCUT2D eigenvalue weighted by Crippen LogP contribution is 2.28. The molecule has 0 saturated heterocycles. The molecule has 140 valence electrons. The van der Waals surface area contributed by atoms with Crippen LogP contribution in [0, 0.1) is 0 Å². The van der Waals surface area contributed by atoms with Gasteiger partial charge in [0.2, 0.25) is 0 Å². The van der Waals surface area contributed by atoms with Gasteiger partial charge in [-0.3, -0.25) is 0 Å². The molecule has 25 heavy (non-hydrogen) atoms. The van der Waals surface area contributed by atoms with Gasteiger partial charge in [0.25, 0.3) is 0 Å². The SMILES string of the molecule is CCCCCCCCC/C(=N\NC(N)=O)c1ccc(OC)c(OC)c1. The molecule has 0 aromatic heterocycles. The lowest BCUT2D eigenvalue weighted by atomic mass is 10.0. The zero-order chi connectivity index (χ0) is 18.5. The van der Waals surface area contributed by atoms with Gasteiger partial charge in [0, 0.05) is 5.56 Å². The fourth-order valence-corrected chi connectivity index (χ4v) is 2.65. The maximum atomic E-state index is 11.0. The van der Waals surface area contributed by atoms with E-state index in [1.807, 2.05) is 18.2 Å². The standard InChI is InChI=1S/C19H31N3O3/c1-4-5-6-7-8-9-10-11-16(21-22-19(20)23)15-12-13-17(24-2)18(14-15)25-3/h12-14H,4-11H2,1-3H3,(H3,20,22,23)/b21-16+. The zero-order valence-corrected chi connectivity index (χ0v) is 15.6. The predicted molar refractivity (Wildman–Crippen MR) is 101 cm³/mol. The molecule has 1 aromatic rings. The van der Waals surface area contributed by atoms with Gasteiger partial charge in [0.15, 0.2) is 11.5 Å². The quantitative estimate of drug-likeness (QED) is 0.336. The number of amides is 2. The molecular formula is C19H31N3O3. The van der Waals surface area contributed by atoms with Crippen LogP contribution in [0.1, 0.15) is 63.9 Å². The lowest BCUT2D eigenvalue weighted by Crippen LogP contribution is -2.26. The third-order valence-electron chi connectivity index (χ3n) is 4.03. The maximum absolute atomic E-state index is 11.0. The van der Waals surface area contributed by atoms with Crippen molar-refractivity contribution in [3.8, 4) is 11.5 Å². The summed E-state index contributed by atoms with van der Waals surface area (Å²) in [6, 6.07) is 4.93. The van der Waals surface area contributed by atoms with Crippen molar-refractivity contribution in [2.45, 2.75) is 58.3 Å². The van der Waals surface area contributed by atoms with Gasteiger partial charge in [0.05, 0.1) is 19.9 Å². The Hall–Kier alpha value is -2.24. The molecule has 0 bridgehead atoms. The number of hydrazone groups is 1. The molecule has 0 atom stereocenters. The van der Waals surface area contributed by atoms with Crippen LogP contribution in [0.2, 0.25) is 0 Å². The minimum absolute atomic E-state index is 0.631. The number of rotatable bonds is 12. The van der Waals surface area contributed by atoms with Crippen molar-refractivity contribution >= 4 is 11.7 Å². The number of urea groups is 1. The second kappa shape index (κ2) is 12.2. The van der Waals surface area contributed by atoms with E-state index in [-0.39, 0.29) is 0 Å². The first-order valence-corrected chi connectivity index (χ1v) is 8.96. The number of ether oxygens (including phenoxy) is 2. The van der Waals surface area contributed by atoms with Crippen LogP contribution in [-0.2, 0) is 0 Å². The highest BCUT2D eigenvalue weighted by Gasteiger charge is 2.10. The minimum Gasteiger partial charge on any atom is -0.493 e. The second-order valence-corrected chi connectivity index (χ2v) is 5.98. The Labute approximate surface area is 150 Å². The molecular weight excluding hydrogens is 318 g/mol. The summed E-state index contributed by atoms with van der Waals surface area (Å²) >= 11 is 0. The molecule has 1 rings (SSSR count). The molecule has 0 aliphatic heterocycles. The zero-order valence-electron chi connectivity index (χ0n) is 15.6. The molecule has 6 nitrogen and oxygen atoms in total. The van der Waals surface area contributed by atoms with Gasteiger partial charge in [-0.25, -0.2) is 10.2 Å². The van der Waals surface area contributed by atoms with E-state index < -0.39 is 6.03 Å². The van der Waals surface area contributed by atoms with Crippen LogP contribution in [0.4, 0.5) is 4.79 Å². The summed E-state index contributed by atoms with van der Waals surface area (Å²) in [5.74, 6) is 1.29. The van der Waals surface area contributed by atoms with Crippen molar-refractivity contribution in [1.29, 1.82) is 0 Å². The van der Waals surface area contributed by atoms with E-state index in [2.05, 4.69) is 17.5 Å². The first kappa shape index (κ1) is 20.8. The van der Waals surface area contributed by atoms with Gasteiger partial charge < -0.3 is 15.2 Å². The van der Waals surface area contributed by atoms with E-state index in [4.69, 9.17) is 15.2 Å². The van der Waals surface area contributed by atoms with Gasteiger partial charge in [0.1, 0.15) is 0 Å². The minimum atomic E-state index is -0.669. The normalized spacial score (nSPS) is 11.2. The number of nitrogens with one attached hydrogen (secondary N) is 1. The molecule has 0 saturated carbocycles. The van der Waals surface area contributed by atoms with Crippen LogP contribution >= 0.6 is 0 Å². The van der Waals surface area contributed by atoms with E-state index in [0.717, 1.165) is 30.5 Å². The molecule has 0 fully saturated rings. The highest BCUT2D eigenvalue weighted by molar-refractivity contribution is 6.01. The second-order valence-electron chi connectivity index (χ2n) is 5.98. The summed E-state index contributed by atoms with van der Waals surface area (Å²) in [6.45, 7) is 2.22. The summed E-state index contributed by atoms with van der Waals surface area (Å²) in [6.07, 6.45) is 9.29. The smallest absolute Gasteiger partial charge is 0.332 e. The summed E-state index contributed by atoms with van der Waals surface area (Å²) in [4.78, 5) is 11.0. The number of methoxy groups -OCH3 is 2. The van der Waals surface area contributed by atoms with Crippen LogP contribution < -0.4 is 20.6 Å². The Morgan fingerprint density at radius 3 is 2.28 bits per heavy atom. The van der Waals surface area contributed by atoms with Crippen molar-refractivity contribution in [3.63, 3.8) is 0 Å². The molecule has 1 aromatic carbocycles. The third-order valence-corrected chi connectivity index (χ3v) is 4.03. The van der Waals surface area contributed by atoms with Crippen LogP contribution in [0.5, 0.6) is 11.5 Å². The molecule has 6 heteroatoms. The van der Waals surface area contributed by atoms with E-state index in [1.54, 1.807) is 14.2 Å². The Morgan fingerprint density at radius 2 is 1.68 bits per heavy atom. The first-order chi connectivity index (χ1) is 12.1. The Morgan fingerprint density at radius 1 is 1.04 bits per heavy atom. The fraction of sp³-hybridized carbons (Fsp3) is 0.579. The van der Waals surface area contributed by atoms with Crippen molar-refractivity contribution in [2.75, 3.05) is 14.2 Å². The van der Waals surface area contributed by atoms with Gasteiger partial charge in [-0.05, 0) is 31.0 Å². The Balaban J connectivity index is 2.70. The summed E-state index contributed by atoms with van der Waals surface area (Å²) in [5, 5.41) is 4.17.